The van der Waals surface area contributed by atoms with Crippen molar-refractivity contribution in [2.45, 2.75) is 32.8 Å². The molecule has 3 aromatic rings. The number of aryl methyl sites for hydroxylation is 1. The minimum Gasteiger partial charge on any atom is -0.860 e. The van der Waals surface area contributed by atoms with E-state index in [1.54, 1.807) is 30.3 Å². The number of hydrogen-bond acceptors (Lipinski definition) is 6. The number of carboxylic acid groups (broad SMARTS) is 1. The summed E-state index contributed by atoms with van der Waals surface area (Å²) in [6.45, 7) is 5.94. The van der Waals surface area contributed by atoms with E-state index in [1.165, 1.54) is 6.92 Å². The average Bonchev–Trinajstić information content (AvgIpc) is 3.03. The number of aromatic amines is 1. The van der Waals surface area contributed by atoms with E-state index in [0.29, 0.717) is 22.6 Å². The molecule has 2 unspecified atom stereocenters. The Morgan fingerprint density at radius 3 is 2.50 bits per heavy atom. The number of aliphatic imine (C=N–C) groups is 1. The van der Waals surface area contributed by atoms with Crippen molar-refractivity contribution >= 4 is 35.5 Å². The van der Waals surface area contributed by atoms with Crippen molar-refractivity contribution in [3.8, 4) is 5.69 Å². The zero-order valence-electron chi connectivity index (χ0n) is 19.6. The number of nitrogens with zero attached hydrogens (tertiary/aromatic N) is 4. The number of likely N-dealkylation sites (N-methyl/N-ethyl adjacent to an activating group) is 1. The normalized spacial score (nSPS) is 13.5. The number of aromatic nitrogens is 3. The summed E-state index contributed by atoms with van der Waals surface area (Å²) in [6, 6.07) is 14.1. The standard InChI is InChI=1S/C24H29N5O4S/c1-5-28(19-11-9-17(10-12-19)22(15(2)30)23(32)33)14-21(31)25-18-7-6-8-20(13-18)29-16(3)27(4)26-24(29)34/h6-13,15,22,30H,5,14H2,1-4H3,(H2-,25,26,31,32,33,34). The molecule has 3 rings (SSSR count). The van der Waals surface area contributed by atoms with Crippen molar-refractivity contribution in [1.82, 2.24) is 9.78 Å². The lowest BCUT2D eigenvalue weighted by Gasteiger charge is -2.26. The van der Waals surface area contributed by atoms with E-state index in [0.717, 1.165) is 17.2 Å². The van der Waals surface area contributed by atoms with E-state index in [4.69, 9.17) is 12.2 Å². The lowest BCUT2D eigenvalue weighted by Crippen LogP contribution is -2.36. The van der Waals surface area contributed by atoms with Crippen LogP contribution in [0.1, 0.15) is 31.2 Å². The summed E-state index contributed by atoms with van der Waals surface area (Å²) >= 11 is 5.39. The van der Waals surface area contributed by atoms with Crippen LogP contribution in [0.5, 0.6) is 0 Å². The Hall–Kier alpha value is -3.50. The number of carboxylic acids is 1. The third kappa shape index (κ3) is 5.52. The Bertz CT molecular complexity index is 1250. The molecule has 0 spiro atoms. The van der Waals surface area contributed by atoms with Crippen molar-refractivity contribution in [1.29, 1.82) is 0 Å². The number of aliphatic hydroxyl groups is 1. The van der Waals surface area contributed by atoms with Gasteiger partial charge in [-0.3, -0.25) is 9.79 Å². The molecule has 0 bridgehead atoms. The van der Waals surface area contributed by atoms with Gasteiger partial charge in [-0.1, -0.05) is 18.2 Å². The highest BCUT2D eigenvalue weighted by Gasteiger charge is 2.25. The summed E-state index contributed by atoms with van der Waals surface area (Å²) in [4.78, 5) is 17.6. The topological polar surface area (TPSA) is 121 Å². The fourth-order valence-corrected chi connectivity index (χ4v) is 4.20. The zero-order chi connectivity index (χ0) is 25.0. The van der Waals surface area contributed by atoms with Gasteiger partial charge in [0.1, 0.15) is 11.6 Å². The van der Waals surface area contributed by atoms with Crippen LogP contribution in [-0.2, 0) is 11.8 Å². The first-order valence-corrected chi connectivity index (χ1v) is 11.3. The van der Waals surface area contributed by atoms with Gasteiger partial charge in [0.15, 0.2) is 0 Å². The number of aliphatic hydroxyl groups excluding tert-OH is 1. The molecule has 10 heteroatoms. The molecule has 0 radical (unpaired) electrons. The second-order valence-corrected chi connectivity index (χ2v) is 8.43. The number of benzene rings is 2. The first-order chi connectivity index (χ1) is 16.1. The lowest BCUT2D eigenvalue weighted by molar-refractivity contribution is -0.610. The Morgan fingerprint density at radius 2 is 1.97 bits per heavy atom. The number of rotatable bonds is 9. The number of anilines is 1. The van der Waals surface area contributed by atoms with Crippen molar-refractivity contribution in [2.75, 3.05) is 18.0 Å². The molecule has 0 saturated carbocycles. The first-order valence-electron chi connectivity index (χ1n) is 10.9. The van der Waals surface area contributed by atoms with Gasteiger partial charge in [0.05, 0.1) is 18.8 Å². The molecule has 1 heterocycles. The molecule has 0 saturated heterocycles. The zero-order valence-corrected chi connectivity index (χ0v) is 20.4. The van der Waals surface area contributed by atoms with Gasteiger partial charge in [-0.2, -0.15) is 9.25 Å². The predicted molar refractivity (Wildman–Crippen MR) is 130 cm³/mol. The number of carbonyl (C=O) groups is 1. The number of nitrogens with one attached hydrogen (secondary N) is 1. The van der Waals surface area contributed by atoms with Gasteiger partial charge in [-0.25, -0.2) is 0 Å². The Balaban J connectivity index is 1.80. The van der Waals surface area contributed by atoms with Crippen LogP contribution in [0.15, 0.2) is 53.5 Å². The monoisotopic (exact) mass is 483 g/mol. The third-order valence-electron chi connectivity index (χ3n) is 5.69. The van der Waals surface area contributed by atoms with E-state index >= 15 is 0 Å². The Kier molecular flexibility index (Phi) is 7.85. The highest BCUT2D eigenvalue weighted by molar-refractivity contribution is 7.71. The fraction of sp³-hybridized carbons (Fsp3) is 0.333. The SMILES string of the molecule is CCN(CC([O-])=Nc1cccc(-[n+]2c(C)n(C)[nH]c2=S)c1)c1ccc(C(C(=O)O)C(C)O)cc1. The summed E-state index contributed by atoms with van der Waals surface area (Å²) < 4.78 is 4.24. The van der Waals surface area contributed by atoms with E-state index in [2.05, 4.69) is 10.1 Å². The van der Waals surface area contributed by atoms with Crippen LogP contribution in [0.2, 0.25) is 0 Å². The fourth-order valence-electron chi connectivity index (χ4n) is 3.83. The number of hydrogen-bond donors (Lipinski definition) is 3. The van der Waals surface area contributed by atoms with Crippen molar-refractivity contribution in [2.24, 2.45) is 12.0 Å². The van der Waals surface area contributed by atoms with Crippen molar-refractivity contribution in [3.63, 3.8) is 0 Å². The molecule has 34 heavy (non-hydrogen) atoms. The smallest absolute Gasteiger partial charge is 0.328 e. The minimum absolute atomic E-state index is 0.0659. The van der Waals surface area contributed by atoms with Crippen LogP contribution >= 0.6 is 12.2 Å². The van der Waals surface area contributed by atoms with Crippen LogP contribution in [0, 0.1) is 11.7 Å². The second-order valence-electron chi connectivity index (χ2n) is 8.05. The second kappa shape index (κ2) is 10.6. The number of H-pyrrole nitrogens is 1. The molecule has 180 valence electrons. The van der Waals surface area contributed by atoms with Crippen molar-refractivity contribution < 1.29 is 24.7 Å². The molecule has 0 amide bonds. The van der Waals surface area contributed by atoms with Gasteiger partial charge in [0.2, 0.25) is 5.82 Å². The van der Waals surface area contributed by atoms with Gasteiger partial charge in [0, 0.05) is 31.8 Å². The van der Waals surface area contributed by atoms with Crippen LogP contribution in [0.25, 0.3) is 5.69 Å². The molecule has 1 aromatic heterocycles. The maximum Gasteiger partial charge on any atom is 0.328 e. The maximum atomic E-state index is 12.7. The molecule has 0 aliphatic heterocycles. The van der Waals surface area contributed by atoms with E-state index in [1.807, 2.05) is 53.2 Å². The van der Waals surface area contributed by atoms with Gasteiger partial charge >= 0.3 is 10.7 Å². The molecule has 0 aliphatic carbocycles. The average molecular weight is 484 g/mol. The summed E-state index contributed by atoms with van der Waals surface area (Å²) in [6.07, 6.45) is -1.02. The quantitative estimate of drug-likeness (QED) is 0.186. The van der Waals surface area contributed by atoms with E-state index in [9.17, 15) is 20.1 Å². The molecule has 3 N–H and O–H groups in total. The van der Waals surface area contributed by atoms with Crippen LogP contribution in [-0.4, -0.2) is 51.1 Å². The van der Waals surface area contributed by atoms with Gasteiger partial charge in [0.25, 0.3) is 0 Å². The maximum absolute atomic E-state index is 12.7. The Labute approximate surface area is 203 Å². The van der Waals surface area contributed by atoms with Crippen LogP contribution in [0.3, 0.4) is 0 Å². The van der Waals surface area contributed by atoms with Crippen LogP contribution < -0.4 is 14.6 Å². The minimum atomic E-state index is -1.09. The highest BCUT2D eigenvalue weighted by atomic mass is 32.1. The lowest BCUT2D eigenvalue weighted by atomic mass is 9.94. The first kappa shape index (κ1) is 25.1. The molecule has 0 aliphatic rings. The largest absolute Gasteiger partial charge is 0.860 e. The van der Waals surface area contributed by atoms with Gasteiger partial charge in [-0.05, 0) is 61.8 Å². The van der Waals surface area contributed by atoms with Crippen molar-refractivity contribution in [3.05, 3.63) is 64.7 Å². The Morgan fingerprint density at radius 1 is 1.29 bits per heavy atom. The molecule has 9 nitrogen and oxygen atoms in total. The summed E-state index contributed by atoms with van der Waals surface area (Å²) in [7, 11) is 1.87. The van der Waals surface area contributed by atoms with Crippen LogP contribution in [0.4, 0.5) is 11.4 Å². The summed E-state index contributed by atoms with van der Waals surface area (Å²) in [5.41, 5.74) is 2.60. The van der Waals surface area contributed by atoms with Gasteiger partial charge < -0.3 is 20.2 Å². The molecular formula is C24H29N5O4S. The summed E-state index contributed by atoms with van der Waals surface area (Å²) in [5, 5.41) is 34.9. The molecular weight excluding hydrogens is 454 g/mol. The summed E-state index contributed by atoms with van der Waals surface area (Å²) in [5.74, 6) is -1.49. The van der Waals surface area contributed by atoms with Gasteiger partial charge in [-0.15, -0.1) is 5.10 Å². The predicted octanol–water partition coefficient (Wildman–Crippen LogP) is 2.13. The third-order valence-corrected chi connectivity index (χ3v) is 5.96. The highest BCUT2D eigenvalue weighted by Crippen LogP contribution is 2.24. The molecule has 2 aromatic carbocycles. The molecule has 0 fully saturated rings. The molecule has 2 atom stereocenters. The van der Waals surface area contributed by atoms with E-state index < -0.39 is 18.0 Å². The van der Waals surface area contributed by atoms with E-state index in [-0.39, 0.29) is 12.4 Å². The number of aliphatic carboxylic acids is 1.